The van der Waals surface area contributed by atoms with E-state index in [1.54, 1.807) is 32.0 Å². The van der Waals surface area contributed by atoms with Crippen LogP contribution in [-0.4, -0.2) is 31.0 Å². The summed E-state index contributed by atoms with van der Waals surface area (Å²) in [4.78, 5) is 4.19. The molecule has 1 saturated heterocycles. The summed E-state index contributed by atoms with van der Waals surface area (Å²) in [5, 5.41) is 43.1. The van der Waals surface area contributed by atoms with Crippen molar-refractivity contribution in [3.63, 3.8) is 0 Å². The highest BCUT2D eigenvalue weighted by Gasteiger charge is 2.64. The number of hydrogen-bond donors (Lipinski definition) is 3. The molecule has 0 amide bonds. The molecule has 2 aromatic heterocycles. The molecule has 2 bridgehead atoms. The first-order chi connectivity index (χ1) is 12.8. The van der Waals surface area contributed by atoms with E-state index >= 15 is 0 Å². The third kappa shape index (κ3) is 1.74. The highest BCUT2D eigenvalue weighted by molar-refractivity contribution is 5.93. The van der Waals surface area contributed by atoms with Crippen molar-refractivity contribution in [2.45, 2.75) is 37.6 Å². The molecule has 7 nitrogen and oxygen atoms in total. The fraction of sp³-hybridized carbons (Fsp3) is 0.300. The number of benzene rings is 1. The van der Waals surface area contributed by atoms with Crippen molar-refractivity contribution in [1.82, 2.24) is 9.55 Å². The number of aliphatic hydroxyl groups excluding tert-OH is 1. The minimum absolute atomic E-state index is 0.141. The van der Waals surface area contributed by atoms with Crippen molar-refractivity contribution in [3.05, 3.63) is 47.3 Å². The fourth-order valence-corrected chi connectivity index (χ4v) is 4.70. The molecule has 2 aliphatic rings. The zero-order chi connectivity index (χ0) is 19.1. The third-order valence-electron chi connectivity index (χ3n) is 5.92. The topological polar surface area (TPSA) is 112 Å². The van der Waals surface area contributed by atoms with Crippen LogP contribution in [0.1, 0.15) is 37.1 Å². The van der Waals surface area contributed by atoms with Gasteiger partial charge in [0.1, 0.15) is 17.4 Å². The van der Waals surface area contributed by atoms with E-state index in [0.29, 0.717) is 34.0 Å². The molecule has 0 unspecified atom stereocenters. The number of aromatic hydroxyl groups is 2. The van der Waals surface area contributed by atoms with Crippen molar-refractivity contribution in [1.29, 1.82) is 5.26 Å². The predicted molar refractivity (Wildman–Crippen MR) is 95.5 cm³/mol. The number of pyridine rings is 1. The van der Waals surface area contributed by atoms with Gasteiger partial charge in [0.05, 0.1) is 34.7 Å². The monoisotopic (exact) mass is 363 g/mol. The lowest BCUT2D eigenvalue weighted by molar-refractivity contribution is -0.0936. The SMILES string of the molecule is C[C@]12C[C@H](O)[C@](C)(O1)c1c2c(O)n(-c2cnc(C#N)c3ccccc23)c1O. The molecule has 7 heteroatoms. The average Bonchev–Trinajstić information content (AvgIpc) is 3.15. The summed E-state index contributed by atoms with van der Waals surface area (Å²) < 4.78 is 7.32. The highest BCUT2D eigenvalue weighted by Crippen LogP contribution is 2.64. The Bertz CT molecular complexity index is 1180. The van der Waals surface area contributed by atoms with Crippen LogP contribution < -0.4 is 0 Å². The van der Waals surface area contributed by atoms with Crippen molar-refractivity contribution in [2.24, 2.45) is 0 Å². The highest BCUT2D eigenvalue weighted by atomic mass is 16.6. The summed E-state index contributed by atoms with van der Waals surface area (Å²) in [5.41, 5.74) is -0.365. The molecule has 3 N–H and O–H groups in total. The number of ether oxygens (including phenoxy) is 1. The van der Waals surface area contributed by atoms with Crippen molar-refractivity contribution >= 4 is 10.8 Å². The second kappa shape index (κ2) is 4.80. The molecule has 27 heavy (non-hydrogen) atoms. The quantitative estimate of drug-likeness (QED) is 0.613. The van der Waals surface area contributed by atoms with Crippen LogP contribution in [0.5, 0.6) is 11.8 Å². The van der Waals surface area contributed by atoms with Gasteiger partial charge in [0, 0.05) is 17.2 Å². The summed E-state index contributed by atoms with van der Waals surface area (Å²) in [5.74, 6) is -0.332. The first-order valence-corrected chi connectivity index (χ1v) is 8.66. The normalized spacial score (nSPS) is 28.4. The fourth-order valence-electron chi connectivity index (χ4n) is 4.70. The number of aliphatic hydroxyl groups is 1. The lowest BCUT2D eigenvalue weighted by Crippen LogP contribution is -2.32. The van der Waals surface area contributed by atoms with Gasteiger partial charge in [0.2, 0.25) is 11.8 Å². The van der Waals surface area contributed by atoms with Crippen LogP contribution in [0.25, 0.3) is 16.5 Å². The zero-order valence-electron chi connectivity index (χ0n) is 14.8. The molecular formula is C20H17N3O4. The first-order valence-electron chi connectivity index (χ1n) is 8.66. The molecule has 0 aliphatic carbocycles. The van der Waals surface area contributed by atoms with E-state index < -0.39 is 17.3 Å². The van der Waals surface area contributed by atoms with Crippen LogP contribution >= 0.6 is 0 Å². The third-order valence-corrected chi connectivity index (χ3v) is 5.92. The minimum Gasteiger partial charge on any atom is -0.494 e. The molecular weight excluding hydrogens is 346 g/mol. The molecule has 0 saturated carbocycles. The van der Waals surface area contributed by atoms with E-state index in [1.807, 2.05) is 6.07 Å². The average molecular weight is 363 g/mol. The van der Waals surface area contributed by atoms with Gasteiger partial charge in [0.15, 0.2) is 0 Å². The Kier molecular flexibility index (Phi) is 2.86. The van der Waals surface area contributed by atoms with E-state index in [0.717, 1.165) is 0 Å². The predicted octanol–water partition coefficient (Wildman–Crippen LogP) is 2.53. The van der Waals surface area contributed by atoms with Gasteiger partial charge in [-0.2, -0.15) is 5.26 Å². The van der Waals surface area contributed by atoms with Gasteiger partial charge < -0.3 is 20.1 Å². The molecule has 0 spiro atoms. The number of rotatable bonds is 1. The Morgan fingerprint density at radius 1 is 1.19 bits per heavy atom. The Morgan fingerprint density at radius 3 is 2.56 bits per heavy atom. The number of nitriles is 1. The Morgan fingerprint density at radius 2 is 1.85 bits per heavy atom. The number of nitrogens with zero attached hydrogens (tertiary/aromatic N) is 3. The second-order valence-electron chi connectivity index (χ2n) is 7.54. The molecule has 1 fully saturated rings. The van der Waals surface area contributed by atoms with Crippen LogP contribution in [-0.2, 0) is 15.9 Å². The summed E-state index contributed by atoms with van der Waals surface area (Å²) in [6, 6.07) is 9.26. The van der Waals surface area contributed by atoms with E-state index in [4.69, 9.17) is 4.74 Å². The molecule has 3 atom stereocenters. The molecule has 4 heterocycles. The maximum Gasteiger partial charge on any atom is 0.205 e. The van der Waals surface area contributed by atoms with Gasteiger partial charge in [-0.15, -0.1) is 0 Å². The second-order valence-corrected chi connectivity index (χ2v) is 7.54. The van der Waals surface area contributed by atoms with Gasteiger partial charge in [-0.3, -0.25) is 0 Å². The Balaban J connectivity index is 1.86. The van der Waals surface area contributed by atoms with Gasteiger partial charge in [-0.25, -0.2) is 9.55 Å². The smallest absolute Gasteiger partial charge is 0.205 e. The van der Waals surface area contributed by atoms with E-state index in [-0.39, 0.29) is 17.5 Å². The van der Waals surface area contributed by atoms with Gasteiger partial charge in [-0.1, -0.05) is 24.3 Å². The molecule has 5 rings (SSSR count). The summed E-state index contributed by atoms with van der Waals surface area (Å²) in [6.07, 6.45) is 1.01. The maximum absolute atomic E-state index is 11.0. The Labute approximate surface area is 154 Å². The van der Waals surface area contributed by atoms with Crippen LogP contribution in [0.4, 0.5) is 0 Å². The molecule has 3 aromatic rings. The molecule has 1 aromatic carbocycles. The number of aromatic nitrogens is 2. The lowest BCUT2D eigenvalue weighted by atomic mass is 9.78. The first kappa shape index (κ1) is 16.1. The zero-order valence-corrected chi connectivity index (χ0v) is 14.8. The summed E-state index contributed by atoms with van der Waals surface area (Å²) >= 11 is 0. The largest absolute Gasteiger partial charge is 0.494 e. The maximum atomic E-state index is 11.0. The van der Waals surface area contributed by atoms with Crippen LogP contribution in [0.3, 0.4) is 0 Å². The van der Waals surface area contributed by atoms with Crippen molar-refractivity contribution < 1.29 is 20.1 Å². The summed E-state index contributed by atoms with van der Waals surface area (Å²) in [6.45, 7) is 3.51. The molecule has 136 valence electrons. The van der Waals surface area contributed by atoms with E-state index in [9.17, 15) is 20.6 Å². The van der Waals surface area contributed by atoms with E-state index in [2.05, 4.69) is 11.1 Å². The molecule has 2 aliphatic heterocycles. The number of fused-ring (bicyclic) bond motifs is 6. The van der Waals surface area contributed by atoms with Crippen LogP contribution in [0, 0.1) is 11.3 Å². The van der Waals surface area contributed by atoms with Gasteiger partial charge in [-0.05, 0) is 13.8 Å². The number of hydrogen-bond acceptors (Lipinski definition) is 6. The summed E-state index contributed by atoms with van der Waals surface area (Å²) in [7, 11) is 0. The van der Waals surface area contributed by atoms with Gasteiger partial charge >= 0.3 is 0 Å². The van der Waals surface area contributed by atoms with Crippen molar-refractivity contribution in [3.8, 4) is 23.5 Å². The van der Waals surface area contributed by atoms with Crippen LogP contribution in [0.15, 0.2) is 30.5 Å². The Hall–Kier alpha value is -3.08. The van der Waals surface area contributed by atoms with Crippen LogP contribution in [0.2, 0.25) is 0 Å². The lowest BCUT2D eigenvalue weighted by Gasteiger charge is -2.25. The van der Waals surface area contributed by atoms with E-state index in [1.165, 1.54) is 10.8 Å². The standard InChI is InChI=1S/C20H17N3O4/c1-19-7-14(24)20(2,27-19)16-15(19)17(25)23(18(16)26)13-9-22-12(8-21)10-5-3-4-6-11(10)13/h3-6,9,14,24-26H,7H2,1-2H3/t14-,19+,20-/m0/s1. The van der Waals surface area contributed by atoms with Gasteiger partial charge in [0.25, 0.3) is 0 Å². The molecule has 0 radical (unpaired) electrons. The minimum atomic E-state index is -1.09. The van der Waals surface area contributed by atoms with Crippen molar-refractivity contribution in [2.75, 3.05) is 0 Å².